The molecule has 0 amide bonds. The van der Waals surface area contributed by atoms with E-state index in [1.807, 2.05) is 20.8 Å². The Morgan fingerprint density at radius 1 is 1.00 bits per heavy atom. The molecule has 8 nitrogen and oxygen atoms in total. The van der Waals surface area contributed by atoms with Crippen molar-refractivity contribution in [1.82, 2.24) is 24.9 Å². The zero-order valence-corrected chi connectivity index (χ0v) is 18.2. The second-order valence-electron chi connectivity index (χ2n) is 8.84. The minimum Gasteiger partial charge on any atom is -0.349 e. The Morgan fingerprint density at radius 3 is 2.36 bits per heavy atom. The van der Waals surface area contributed by atoms with E-state index in [-0.39, 0.29) is 23.4 Å². The van der Waals surface area contributed by atoms with E-state index in [0.29, 0.717) is 11.4 Å². The average molecular weight is 454 g/mol. The maximum absolute atomic E-state index is 13.2. The van der Waals surface area contributed by atoms with E-state index in [1.165, 1.54) is 12.1 Å². The summed E-state index contributed by atoms with van der Waals surface area (Å²) in [7, 11) is 0. The Bertz CT molecular complexity index is 1220. The molecule has 3 aromatic rings. The number of nitrogens with zero attached hydrogens (tertiary/aromatic N) is 6. The smallest absolute Gasteiger partial charge is 0.349 e. The highest BCUT2D eigenvalue weighted by molar-refractivity contribution is 5.60. The van der Waals surface area contributed by atoms with Crippen LogP contribution in [0.5, 0.6) is 0 Å². The predicted molar refractivity (Wildman–Crippen MR) is 115 cm³/mol. The molecule has 0 bridgehead atoms. The fourth-order valence-electron chi connectivity index (χ4n) is 3.10. The molecule has 33 heavy (non-hydrogen) atoms. The van der Waals surface area contributed by atoms with Crippen LogP contribution in [-0.4, -0.2) is 30.5 Å². The van der Waals surface area contributed by atoms with Crippen LogP contribution in [-0.2, 0) is 11.6 Å². The van der Waals surface area contributed by atoms with Crippen LogP contribution in [0.3, 0.4) is 0 Å². The van der Waals surface area contributed by atoms with Gasteiger partial charge in [-0.2, -0.15) is 33.4 Å². The van der Waals surface area contributed by atoms with Crippen molar-refractivity contribution >= 4 is 17.6 Å². The van der Waals surface area contributed by atoms with Crippen LogP contribution >= 0.6 is 0 Å². The van der Waals surface area contributed by atoms with Gasteiger partial charge in [-0.05, 0) is 57.9 Å². The van der Waals surface area contributed by atoms with Gasteiger partial charge in [-0.3, -0.25) is 4.98 Å². The lowest BCUT2D eigenvalue weighted by molar-refractivity contribution is -0.141. The molecule has 0 radical (unpaired) electrons. The highest BCUT2D eigenvalue weighted by atomic mass is 19.4. The Balaban J connectivity index is 1.72. The summed E-state index contributed by atoms with van der Waals surface area (Å²) < 4.78 is 39.5. The Labute approximate surface area is 188 Å². The van der Waals surface area contributed by atoms with Gasteiger partial charge in [0.15, 0.2) is 5.82 Å². The van der Waals surface area contributed by atoms with Crippen LogP contribution in [0.25, 0.3) is 11.5 Å². The Kier molecular flexibility index (Phi) is 5.40. The first-order valence-corrected chi connectivity index (χ1v) is 10.2. The lowest BCUT2D eigenvalue weighted by Crippen LogP contribution is -2.27. The Morgan fingerprint density at radius 2 is 1.73 bits per heavy atom. The summed E-state index contributed by atoms with van der Waals surface area (Å²) in [6, 6.07) is 9.29. The fraction of sp³-hybridized carbons (Fsp3) is 0.364. The lowest BCUT2D eigenvalue weighted by atomic mass is 10.0. The number of pyridine rings is 2. The van der Waals surface area contributed by atoms with Gasteiger partial charge < -0.3 is 10.6 Å². The standard InChI is InChI=1S/C22H21F3N8/c1-20(2,3)33-19-31-17(14-5-4-6-15(29-14)22(23,24)25)30-18(32-19)28-13-7-10-27-16(11-13)21(12-26)8-9-21/h4-7,10-11H,8-9H2,1-3H3,(H2,27,28,30,31,32,33). The molecular weight excluding hydrogens is 433 g/mol. The van der Waals surface area contributed by atoms with E-state index in [9.17, 15) is 18.4 Å². The first kappa shape index (κ1) is 22.4. The number of aromatic nitrogens is 5. The summed E-state index contributed by atoms with van der Waals surface area (Å²) in [5.41, 5.74) is -0.807. The van der Waals surface area contributed by atoms with Crippen molar-refractivity contribution in [3.05, 3.63) is 47.9 Å². The highest BCUT2D eigenvalue weighted by Gasteiger charge is 2.46. The number of hydrogen-bond acceptors (Lipinski definition) is 8. The monoisotopic (exact) mass is 454 g/mol. The zero-order valence-electron chi connectivity index (χ0n) is 18.2. The number of hydrogen-bond donors (Lipinski definition) is 2. The summed E-state index contributed by atoms with van der Waals surface area (Å²) in [5.74, 6) is 0.277. The summed E-state index contributed by atoms with van der Waals surface area (Å²) in [6.07, 6.45) is -1.52. The maximum atomic E-state index is 13.2. The third kappa shape index (κ3) is 5.16. The van der Waals surface area contributed by atoms with Crippen molar-refractivity contribution in [2.75, 3.05) is 10.6 Å². The molecule has 0 atom stereocenters. The first-order valence-electron chi connectivity index (χ1n) is 10.2. The molecule has 0 aromatic carbocycles. The number of rotatable bonds is 5. The molecule has 0 spiro atoms. The van der Waals surface area contributed by atoms with E-state index >= 15 is 0 Å². The largest absolute Gasteiger partial charge is 0.433 e. The van der Waals surface area contributed by atoms with Crippen LogP contribution in [0.1, 0.15) is 45.0 Å². The normalized spacial score (nSPS) is 14.9. The minimum absolute atomic E-state index is 0.0182. The van der Waals surface area contributed by atoms with E-state index in [4.69, 9.17) is 0 Å². The SMILES string of the molecule is CC(C)(C)Nc1nc(Nc2ccnc(C3(C#N)CC3)c2)nc(-c2cccc(C(F)(F)F)n2)n1. The average Bonchev–Trinajstić information content (AvgIpc) is 3.53. The summed E-state index contributed by atoms with van der Waals surface area (Å²) in [4.78, 5) is 20.9. The van der Waals surface area contributed by atoms with Gasteiger partial charge in [-0.25, -0.2) is 4.98 Å². The molecule has 4 rings (SSSR count). The number of halogens is 3. The van der Waals surface area contributed by atoms with Gasteiger partial charge in [0.25, 0.3) is 0 Å². The maximum Gasteiger partial charge on any atom is 0.433 e. The van der Waals surface area contributed by atoms with Crippen LogP contribution in [0.15, 0.2) is 36.5 Å². The molecule has 11 heteroatoms. The van der Waals surface area contributed by atoms with Crippen molar-refractivity contribution in [3.63, 3.8) is 0 Å². The van der Waals surface area contributed by atoms with E-state index in [1.54, 1.807) is 18.3 Å². The molecule has 170 valence electrons. The Hall–Kier alpha value is -3.81. The van der Waals surface area contributed by atoms with Crippen molar-refractivity contribution in [2.24, 2.45) is 0 Å². The molecule has 0 unspecified atom stereocenters. The van der Waals surface area contributed by atoms with Crippen LogP contribution < -0.4 is 10.6 Å². The molecule has 1 saturated carbocycles. The second kappa shape index (κ2) is 7.95. The second-order valence-corrected chi connectivity index (χ2v) is 8.84. The number of nitriles is 1. The van der Waals surface area contributed by atoms with Gasteiger partial charge in [-0.15, -0.1) is 0 Å². The van der Waals surface area contributed by atoms with E-state index < -0.39 is 22.8 Å². The molecule has 1 fully saturated rings. The van der Waals surface area contributed by atoms with Gasteiger partial charge in [0, 0.05) is 17.4 Å². The third-order valence-electron chi connectivity index (χ3n) is 4.86. The first-order chi connectivity index (χ1) is 15.5. The molecule has 0 saturated heterocycles. The molecular formula is C22H21F3N8. The van der Waals surface area contributed by atoms with Crippen molar-refractivity contribution in [2.45, 2.75) is 50.7 Å². The quantitative estimate of drug-likeness (QED) is 0.562. The zero-order chi connectivity index (χ0) is 23.9. The van der Waals surface area contributed by atoms with Gasteiger partial charge in [-0.1, -0.05) is 6.07 Å². The molecule has 2 N–H and O–H groups in total. The number of alkyl halides is 3. The minimum atomic E-state index is -4.59. The molecule has 1 aliphatic carbocycles. The molecule has 1 aliphatic rings. The van der Waals surface area contributed by atoms with Gasteiger partial charge in [0.1, 0.15) is 11.4 Å². The topological polar surface area (TPSA) is 112 Å². The van der Waals surface area contributed by atoms with Crippen LogP contribution in [0, 0.1) is 11.3 Å². The van der Waals surface area contributed by atoms with Crippen LogP contribution in [0.4, 0.5) is 30.8 Å². The summed E-state index contributed by atoms with van der Waals surface area (Å²) in [5, 5.41) is 15.6. The predicted octanol–water partition coefficient (Wildman–Crippen LogP) is 4.86. The summed E-state index contributed by atoms with van der Waals surface area (Å²) >= 11 is 0. The highest BCUT2D eigenvalue weighted by Crippen LogP contribution is 2.47. The van der Waals surface area contributed by atoms with Crippen LogP contribution in [0.2, 0.25) is 0 Å². The fourth-order valence-corrected chi connectivity index (χ4v) is 3.10. The van der Waals surface area contributed by atoms with Gasteiger partial charge >= 0.3 is 6.18 Å². The van der Waals surface area contributed by atoms with E-state index in [0.717, 1.165) is 18.9 Å². The third-order valence-corrected chi connectivity index (χ3v) is 4.86. The van der Waals surface area contributed by atoms with Gasteiger partial charge in [0.05, 0.1) is 17.2 Å². The van der Waals surface area contributed by atoms with Crippen molar-refractivity contribution < 1.29 is 13.2 Å². The number of nitrogens with one attached hydrogen (secondary N) is 2. The lowest BCUT2D eigenvalue weighted by Gasteiger charge is -2.21. The molecule has 3 aromatic heterocycles. The van der Waals surface area contributed by atoms with Crippen molar-refractivity contribution in [3.8, 4) is 17.6 Å². The molecule has 3 heterocycles. The van der Waals surface area contributed by atoms with Crippen molar-refractivity contribution in [1.29, 1.82) is 5.26 Å². The van der Waals surface area contributed by atoms with Gasteiger partial charge in [0.2, 0.25) is 11.9 Å². The van der Waals surface area contributed by atoms with E-state index in [2.05, 4.69) is 41.6 Å². The molecule has 0 aliphatic heterocycles. The number of anilines is 3. The summed E-state index contributed by atoms with van der Waals surface area (Å²) in [6.45, 7) is 5.70.